The zero-order chi connectivity index (χ0) is 23.8. The van der Waals surface area contributed by atoms with E-state index in [4.69, 9.17) is 4.42 Å². The quantitative estimate of drug-likeness (QED) is 0.575. The number of benzene rings is 1. The van der Waals surface area contributed by atoms with Gasteiger partial charge in [0, 0.05) is 44.7 Å². The number of piperazine rings is 1. The van der Waals surface area contributed by atoms with E-state index in [1.807, 2.05) is 9.80 Å². The fourth-order valence-corrected chi connectivity index (χ4v) is 3.89. The summed E-state index contributed by atoms with van der Waals surface area (Å²) in [6.45, 7) is 5.25. The van der Waals surface area contributed by atoms with Crippen molar-refractivity contribution < 1.29 is 27.2 Å². The summed E-state index contributed by atoms with van der Waals surface area (Å²) in [4.78, 5) is 32.8. The normalized spacial score (nSPS) is 16.1. The van der Waals surface area contributed by atoms with Crippen LogP contribution in [0.2, 0.25) is 0 Å². The van der Waals surface area contributed by atoms with E-state index < -0.39 is 17.8 Å². The first kappa shape index (κ1) is 22.8. The van der Waals surface area contributed by atoms with Gasteiger partial charge in [-0.1, -0.05) is 12.1 Å². The van der Waals surface area contributed by atoms with E-state index >= 15 is 0 Å². The Labute approximate surface area is 188 Å². The van der Waals surface area contributed by atoms with E-state index in [1.165, 1.54) is 13.0 Å². The molecule has 3 aromatic rings. The third-order valence-electron chi connectivity index (χ3n) is 5.80. The number of nitrogens with one attached hydrogen (secondary N) is 1. The molecule has 1 amide bonds. The van der Waals surface area contributed by atoms with Gasteiger partial charge in [-0.3, -0.25) is 14.5 Å². The highest BCUT2D eigenvalue weighted by atomic mass is 19.4. The number of halogens is 3. The molecule has 2 aromatic heterocycles. The summed E-state index contributed by atoms with van der Waals surface area (Å²) in [5, 5.41) is 3.50. The lowest BCUT2D eigenvalue weighted by Crippen LogP contribution is -2.53. The maximum atomic E-state index is 13.0. The molecule has 0 spiro atoms. The molecule has 1 saturated heterocycles. The maximum Gasteiger partial charge on any atom is 0.417 e. The van der Waals surface area contributed by atoms with Crippen LogP contribution in [0.1, 0.15) is 30.0 Å². The number of hydrogen-bond donors (Lipinski definition) is 1. The first-order chi connectivity index (χ1) is 15.6. The molecule has 4 rings (SSSR count). The average molecular weight is 460 g/mol. The number of furan rings is 1. The fourth-order valence-electron chi connectivity index (χ4n) is 3.89. The number of ketones is 1. The molecular formula is C23H23F3N4O3. The Bertz CT molecular complexity index is 1170. The number of aromatic nitrogens is 1. The minimum atomic E-state index is -4.42. The monoisotopic (exact) mass is 460 g/mol. The second-order valence-electron chi connectivity index (χ2n) is 7.95. The molecule has 1 aromatic carbocycles. The van der Waals surface area contributed by atoms with E-state index in [0.29, 0.717) is 48.7 Å². The van der Waals surface area contributed by atoms with Gasteiger partial charge in [-0.05, 0) is 31.2 Å². The number of Topliss-reactive ketones (excluding diaryl/α,β-unsaturated/α-hetero) is 1. The Morgan fingerprint density at radius 2 is 1.79 bits per heavy atom. The van der Waals surface area contributed by atoms with Crippen molar-refractivity contribution in [2.75, 3.05) is 36.4 Å². The van der Waals surface area contributed by atoms with Crippen molar-refractivity contribution in [1.82, 2.24) is 9.88 Å². The zero-order valence-electron chi connectivity index (χ0n) is 18.1. The minimum absolute atomic E-state index is 0.106. The molecule has 1 aliphatic heterocycles. The summed E-state index contributed by atoms with van der Waals surface area (Å²) in [6.07, 6.45) is -3.59. The third kappa shape index (κ3) is 4.70. The van der Waals surface area contributed by atoms with Gasteiger partial charge in [0.15, 0.2) is 11.5 Å². The largest absolute Gasteiger partial charge is 0.451 e. The molecule has 0 radical (unpaired) electrons. The number of para-hydroxylation sites is 1. The summed E-state index contributed by atoms with van der Waals surface area (Å²) >= 11 is 0. The molecule has 0 bridgehead atoms. The Morgan fingerprint density at radius 3 is 2.39 bits per heavy atom. The minimum Gasteiger partial charge on any atom is -0.451 e. The molecule has 1 unspecified atom stereocenters. The van der Waals surface area contributed by atoms with Gasteiger partial charge < -0.3 is 14.6 Å². The molecule has 174 valence electrons. The Morgan fingerprint density at radius 1 is 1.09 bits per heavy atom. The van der Waals surface area contributed by atoms with Crippen LogP contribution in [-0.2, 0) is 11.0 Å². The van der Waals surface area contributed by atoms with Crippen LogP contribution in [0.4, 0.5) is 24.7 Å². The first-order valence-corrected chi connectivity index (χ1v) is 10.5. The molecule has 33 heavy (non-hydrogen) atoms. The number of fused-ring (bicyclic) bond motifs is 1. The number of alkyl halides is 3. The average Bonchev–Trinajstić information content (AvgIpc) is 3.17. The van der Waals surface area contributed by atoms with Crippen LogP contribution >= 0.6 is 0 Å². The second-order valence-corrected chi connectivity index (χ2v) is 7.95. The van der Waals surface area contributed by atoms with Crippen molar-refractivity contribution in [2.24, 2.45) is 0 Å². The number of amides is 1. The highest BCUT2D eigenvalue weighted by Crippen LogP contribution is 2.32. The van der Waals surface area contributed by atoms with Crippen molar-refractivity contribution in [2.45, 2.75) is 26.1 Å². The molecule has 0 aliphatic carbocycles. The van der Waals surface area contributed by atoms with Gasteiger partial charge >= 0.3 is 6.18 Å². The summed E-state index contributed by atoms with van der Waals surface area (Å²) in [5.74, 6) is 0.0163. The highest BCUT2D eigenvalue weighted by molar-refractivity contribution is 6.11. The van der Waals surface area contributed by atoms with Gasteiger partial charge in [-0.25, -0.2) is 4.98 Å². The summed E-state index contributed by atoms with van der Waals surface area (Å²) < 4.78 is 43.9. The van der Waals surface area contributed by atoms with Crippen LogP contribution in [-0.4, -0.2) is 53.8 Å². The summed E-state index contributed by atoms with van der Waals surface area (Å²) in [6, 6.07) is 9.00. The van der Waals surface area contributed by atoms with E-state index in [0.717, 1.165) is 12.3 Å². The molecular weight excluding hydrogens is 437 g/mol. The maximum absolute atomic E-state index is 13.0. The lowest BCUT2D eigenvalue weighted by Gasteiger charge is -2.38. The Balaban J connectivity index is 1.41. The van der Waals surface area contributed by atoms with E-state index in [2.05, 4.69) is 10.3 Å². The Kier molecular flexibility index (Phi) is 6.11. The van der Waals surface area contributed by atoms with Gasteiger partial charge in [-0.15, -0.1) is 0 Å². The molecule has 0 saturated carbocycles. The number of rotatable bonds is 5. The lowest BCUT2D eigenvalue weighted by molar-refractivity contribution is -0.137. The number of pyridine rings is 1. The lowest BCUT2D eigenvalue weighted by atomic mass is 10.1. The number of hydrogen-bond acceptors (Lipinski definition) is 6. The van der Waals surface area contributed by atoms with Crippen molar-refractivity contribution in [1.29, 1.82) is 0 Å². The van der Waals surface area contributed by atoms with Crippen LogP contribution in [0.15, 0.2) is 47.0 Å². The van der Waals surface area contributed by atoms with E-state index in [9.17, 15) is 22.8 Å². The van der Waals surface area contributed by atoms with Gasteiger partial charge in [0.25, 0.3) is 0 Å². The smallest absolute Gasteiger partial charge is 0.417 e. The van der Waals surface area contributed by atoms with Crippen molar-refractivity contribution >= 4 is 34.2 Å². The number of carbonyl (C=O) groups is 2. The van der Waals surface area contributed by atoms with Crippen molar-refractivity contribution in [3.8, 4) is 0 Å². The fraction of sp³-hybridized carbons (Fsp3) is 0.348. The predicted molar refractivity (Wildman–Crippen MR) is 117 cm³/mol. The topological polar surface area (TPSA) is 78.7 Å². The van der Waals surface area contributed by atoms with Crippen LogP contribution in [0.3, 0.4) is 0 Å². The Hall–Kier alpha value is -3.40. The van der Waals surface area contributed by atoms with Gasteiger partial charge in [-0.2, -0.15) is 13.2 Å². The molecule has 1 atom stereocenters. The number of anilines is 2. The zero-order valence-corrected chi connectivity index (χ0v) is 18.1. The van der Waals surface area contributed by atoms with Crippen LogP contribution in [0.25, 0.3) is 11.0 Å². The van der Waals surface area contributed by atoms with E-state index in [-0.39, 0.29) is 17.5 Å². The van der Waals surface area contributed by atoms with Crippen LogP contribution < -0.4 is 10.2 Å². The molecule has 7 nitrogen and oxygen atoms in total. The molecule has 10 heteroatoms. The first-order valence-electron chi connectivity index (χ1n) is 10.5. The van der Waals surface area contributed by atoms with E-state index in [1.54, 1.807) is 31.2 Å². The van der Waals surface area contributed by atoms with Gasteiger partial charge in [0.2, 0.25) is 5.91 Å². The SMILES string of the molecule is CC(=O)c1oc2ccccc2c1NC(=O)C(C)N1CCN(c2ccc(C(F)(F)F)cn2)CC1. The molecule has 1 N–H and O–H groups in total. The second kappa shape index (κ2) is 8.86. The number of carbonyl (C=O) groups excluding carboxylic acids is 2. The standard InChI is InChI=1S/C23H23F3N4O3/c1-14(22(32)28-20-17-5-3-4-6-18(17)33-21(20)15(2)31)29-9-11-30(12-10-29)19-8-7-16(13-27-19)23(24,25)26/h3-8,13-14H,9-12H2,1-2H3,(H,28,32). The van der Waals surface area contributed by atoms with Crippen molar-refractivity contribution in [3.63, 3.8) is 0 Å². The van der Waals surface area contributed by atoms with Crippen molar-refractivity contribution in [3.05, 3.63) is 53.9 Å². The predicted octanol–water partition coefficient (Wildman–Crippen LogP) is 4.20. The molecule has 1 fully saturated rings. The third-order valence-corrected chi connectivity index (χ3v) is 5.80. The summed E-state index contributed by atoms with van der Waals surface area (Å²) in [7, 11) is 0. The van der Waals surface area contributed by atoms with Crippen LogP contribution in [0.5, 0.6) is 0 Å². The van der Waals surface area contributed by atoms with Crippen LogP contribution in [0, 0.1) is 0 Å². The highest BCUT2D eigenvalue weighted by Gasteiger charge is 2.32. The summed E-state index contributed by atoms with van der Waals surface area (Å²) in [5.41, 5.74) is 0.0951. The van der Waals surface area contributed by atoms with Gasteiger partial charge in [0.05, 0.1) is 17.3 Å². The molecule has 3 heterocycles. The van der Waals surface area contributed by atoms with Gasteiger partial charge in [0.1, 0.15) is 11.4 Å². The number of nitrogens with zero attached hydrogens (tertiary/aromatic N) is 3. The molecule has 1 aliphatic rings.